The number of nitrogens with one attached hydrogen (secondary N) is 1. The van der Waals surface area contributed by atoms with Gasteiger partial charge in [0.25, 0.3) is 0 Å². The van der Waals surface area contributed by atoms with Crippen molar-refractivity contribution in [2.45, 2.75) is 37.0 Å². The molecule has 0 unspecified atom stereocenters. The van der Waals surface area contributed by atoms with Crippen LogP contribution in [0.3, 0.4) is 0 Å². The largest absolute Gasteiger partial charge is 0.338 e. The lowest BCUT2D eigenvalue weighted by atomic mass is 10.2. The normalized spacial score (nSPS) is 10.8. The molecule has 0 aliphatic heterocycles. The summed E-state index contributed by atoms with van der Waals surface area (Å²) in [5, 5.41) is 7.08. The van der Waals surface area contributed by atoms with E-state index >= 15 is 0 Å². The van der Waals surface area contributed by atoms with E-state index in [1.54, 1.807) is 11.8 Å². The van der Waals surface area contributed by atoms with Gasteiger partial charge in [-0.25, -0.2) is 0 Å². The number of benzene rings is 1. The quantitative estimate of drug-likeness (QED) is 0.788. The molecule has 0 amide bonds. The molecule has 1 aromatic carbocycles. The van der Waals surface area contributed by atoms with Crippen LogP contribution in [0.15, 0.2) is 33.7 Å². The SMILES string of the molecule is CCCc1noc(CSc2ccc(CNC)cc2)n1. The number of aromatic nitrogens is 2. The molecular formula is C14H19N3OS. The van der Waals surface area contributed by atoms with E-state index in [0.29, 0.717) is 5.89 Å². The van der Waals surface area contributed by atoms with Gasteiger partial charge < -0.3 is 9.84 Å². The fourth-order valence-electron chi connectivity index (χ4n) is 1.73. The van der Waals surface area contributed by atoms with E-state index in [-0.39, 0.29) is 0 Å². The van der Waals surface area contributed by atoms with E-state index in [2.05, 4.69) is 46.6 Å². The summed E-state index contributed by atoms with van der Waals surface area (Å²) in [5.74, 6) is 2.23. The zero-order valence-corrected chi connectivity index (χ0v) is 12.2. The minimum absolute atomic E-state index is 0.702. The molecule has 0 fully saturated rings. The predicted octanol–water partition coefficient (Wildman–Crippen LogP) is 3.03. The molecular weight excluding hydrogens is 258 g/mol. The topological polar surface area (TPSA) is 51.0 Å². The molecule has 0 aliphatic rings. The van der Waals surface area contributed by atoms with Crippen LogP contribution in [-0.2, 0) is 18.7 Å². The number of nitrogens with zero attached hydrogens (tertiary/aromatic N) is 2. The van der Waals surface area contributed by atoms with Gasteiger partial charge in [-0.3, -0.25) is 0 Å². The van der Waals surface area contributed by atoms with Crippen LogP contribution in [-0.4, -0.2) is 17.2 Å². The van der Waals surface area contributed by atoms with Gasteiger partial charge in [0.05, 0.1) is 5.75 Å². The van der Waals surface area contributed by atoms with Crippen molar-refractivity contribution in [3.05, 3.63) is 41.5 Å². The van der Waals surface area contributed by atoms with Crippen LogP contribution in [0.1, 0.15) is 30.6 Å². The van der Waals surface area contributed by atoms with Gasteiger partial charge >= 0.3 is 0 Å². The Morgan fingerprint density at radius 3 is 2.74 bits per heavy atom. The van der Waals surface area contributed by atoms with E-state index < -0.39 is 0 Å². The maximum atomic E-state index is 5.21. The van der Waals surface area contributed by atoms with Crippen LogP contribution >= 0.6 is 11.8 Å². The van der Waals surface area contributed by atoms with E-state index in [0.717, 1.165) is 31.0 Å². The number of thioether (sulfide) groups is 1. The standard InChI is InChI=1S/C14H19N3OS/c1-3-4-13-16-14(18-17-13)10-19-12-7-5-11(6-8-12)9-15-2/h5-8,15H,3-4,9-10H2,1-2H3. The van der Waals surface area contributed by atoms with Gasteiger partial charge in [-0.2, -0.15) is 4.98 Å². The third-order valence-corrected chi connectivity index (χ3v) is 3.65. The summed E-state index contributed by atoms with van der Waals surface area (Å²) < 4.78 is 5.21. The molecule has 2 rings (SSSR count). The molecule has 1 heterocycles. The van der Waals surface area contributed by atoms with Crippen molar-refractivity contribution >= 4 is 11.8 Å². The summed E-state index contributed by atoms with van der Waals surface area (Å²) in [6.07, 6.45) is 1.92. The molecule has 0 radical (unpaired) electrons. The molecule has 0 atom stereocenters. The molecule has 5 heteroatoms. The first kappa shape index (κ1) is 14.1. The Morgan fingerprint density at radius 2 is 2.05 bits per heavy atom. The van der Waals surface area contributed by atoms with Crippen molar-refractivity contribution in [2.75, 3.05) is 7.05 Å². The Morgan fingerprint density at radius 1 is 1.26 bits per heavy atom. The average Bonchev–Trinajstić information content (AvgIpc) is 2.87. The van der Waals surface area contributed by atoms with Gasteiger partial charge in [0, 0.05) is 17.9 Å². The highest BCUT2D eigenvalue weighted by Gasteiger charge is 2.06. The average molecular weight is 277 g/mol. The van der Waals surface area contributed by atoms with Gasteiger partial charge in [-0.05, 0) is 31.2 Å². The van der Waals surface area contributed by atoms with Crippen molar-refractivity contribution < 1.29 is 4.52 Å². The van der Waals surface area contributed by atoms with Gasteiger partial charge in [-0.1, -0.05) is 24.2 Å². The highest BCUT2D eigenvalue weighted by atomic mass is 32.2. The minimum Gasteiger partial charge on any atom is -0.338 e. The molecule has 0 saturated heterocycles. The highest BCUT2D eigenvalue weighted by molar-refractivity contribution is 7.98. The molecule has 1 aromatic heterocycles. The van der Waals surface area contributed by atoms with Crippen LogP contribution in [0, 0.1) is 0 Å². The number of rotatable bonds is 7. The Balaban J connectivity index is 1.86. The summed E-state index contributed by atoms with van der Waals surface area (Å²) in [7, 11) is 1.95. The van der Waals surface area contributed by atoms with E-state index in [1.807, 2.05) is 7.05 Å². The van der Waals surface area contributed by atoms with Crippen LogP contribution in [0.5, 0.6) is 0 Å². The summed E-state index contributed by atoms with van der Waals surface area (Å²) in [6, 6.07) is 8.52. The molecule has 102 valence electrons. The first-order valence-electron chi connectivity index (χ1n) is 6.49. The fraction of sp³-hybridized carbons (Fsp3) is 0.429. The van der Waals surface area contributed by atoms with E-state index in [4.69, 9.17) is 4.52 Å². The summed E-state index contributed by atoms with van der Waals surface area (Å²) in [4.78, 5) is 5.57. The molecule has 4 nitrogen and oxygen atoms in total. The zero-order valence-electron chi connectivity index (χ0n) is 11.3. The molecule has 1 N–H and O–H groups in total. The predicted molar refractivity (Wildman–Crippen MR) is 77.1 cm³/mol. The lowest BCUT2D eigenvalue weighted by Gasteiger charge is -2.02. The van der Waals surface area contributed by atoms with Crippen LogP contribution < -0.4 is 5.32 Å². The van der Waals surface area contributed by atoms with Gasteiger partial charge in [0.15, 0.2) is 5.82 Å². The Hall–Kier alpha value is -1.33. The Kier molecular flexibility index (Phi) is 5.42. The van der Waals surface area contributed by atoms with Gasteiger partial charge in [0.1, 0.15) is 0 Å². The Labute approximate surface area is 118 Å². The van der Waals surface area contributed by atoms with Crippen molar-refractivity contribution in [3.8, 4) is 0 Å². The van der Waals surface area contributed by atoms with Crippen molar-refractivity contribution in [3.63, 3.8) is 0 Å². The van der Waals surface area contributed by atoms with Crippen LogP contribution in [0.4, 0.5) is 0 Å². The van der Waals surface area contributed by atoms with Crippen LogP contribution in [0.2, 0.25) is 0 Å². The third kappa shape index (κ3) is 4.36. The lowest BCUT2D eigenvalue weighted by molar-refractivity contribution is 0.384. The maximum absolute atomic E-state index is 5.21. The molecule has 2 aromatic rings. The van der Waals surface area contributed by atoms with Crippen LogP contribution in [0.25, 0.3) is 0 Å². The highest BCUT2D eigenvalue weighted by Crippen LogP contribution is 2.22. The number of hydrogen-bond acceptors (Lipinski definition) is 5. The zero-order chi connectivity index (χ0) is 13.5. The monoisotopic (exact) mass is 277 g/mol. The van der Waals surface area contributed by atoms with Crippen molar-refractivity contribution in [1.29, 1.82) is 0 Å². The second kappa shape index (κ2) is 7.31. The number of aryl methyl sites for hydroxylation is 1. The second-order valence-electron chi connectivity index (χ2n) is 4.32. The first-order valence-corrected chi connectivity index (χ1v) is 7.48. The summed E-state index contributed by atoms with van der Waals surface area (Å²) >= 11 is 1.72. The first-order chi connectivity index (χ1) is 9.31. The minimum atomic E-state index is 0.702. The summed E-state index contributed by atoms with van der Waals surface area (Å²) in [6.45, 7) is 3.01. The Bertz CT molecular complexity index is 496. The second-order valence-corrected chi connectivity index (χ2v) is 5.37. The smallest absolute Gasteiger partial charge is 0.237 e. The van der Waals surface area contributed by atoms with E-state index in [1.165, 1.54) is 10.5 Å². The molecule has 0 aliphatic carbocycles. The van der Waals surface area contributed by atoms with Gasteiger partial charge in [0.2, 0.25) is 5.89 Å². The molecule has 0 spiro atoms. The number of hydrogen-bond donors (Lipinski definition) is 1. The van der Waals surface area contributed by atoms with E-state index in [9.17, 15) is 0 Å². The lowest BCUT2D eigenvalue weighted by Crippen LogP contribution is -2.04. The van der Waals surface area contributed by atoms with Crippen molar-refractivity contribution in [1.82, 2.24) is 15.5 Å². The summed E-state index contributed by atoms with van der Waals surface area (Å²) in [5.41, 5.74) is 1.29. The maximum Gasteiger partial charge on any atom is 0.237 e. The third-order valence-electron chi connectivity index (χ3n) is 2.65. The molecule has 0 saturated carbocycles. The van der Waals surface area contributed by atoms with Crippen molar-refractivity contribution in [2.24, 2.45) is 0 Å². The van der Waals surface area contributed by atoms with Gasteiger partial charge in [-0.15, -0.1) is 11.8 Å². The molecule has 0 bridgehead atoms. The molecule has 19 heavy (non-hydrogen) atoms. The fourth-order valence-corrected chi connectivity index (χ4v) is 2.46.